The van der Waals surface area contributed by atoms with Gasteiger partial charge < -0.3 is 24.4 Å². The molecule has 0 amide bonds. The van der Waals surface area contributed by atoms with Gasteiger partial charge in [0.1, 0.15) is 12.4 Å². The van der Waals surface area contributed by atoms with Crippen molar-refractivity contribution in [3.8, 4) is 5.75 Å². The Kier molecular flexibility index (Phi) is 5.51. The highest BCUT2D eigenvalue weighted by molar-refractivity contribution is 8.25. The van der Waals surface area contributed by atoms with Gasteiger partial charge in [-0.05, 0) is 29.8 Å². The van der Waals surface area contributed by atoms with Crippen LogP contribution in [0.1, 0.15) is 16.4 Å². The zero-order valence-electron chi connectivity index (χ0n) is 15.3. The lowest BCUT2D eigenvalue weighted by atomic mass is 10.1. The Balaban J connectivity index is 1.61. The highest BCUT2D eigenvalue weighted by Crippen LogP contribution is 2.64. The van der Waals surface area contributed by atoms with Crippen LogP contribution in [-0.2, 0) is 6.61 Å². The normalized spacial score (nSPS) is 22.5. The van der Waals surface area contributed by atoms with Gasteiger partial charge in [0.25, 0.3) is 4.92 Å². The van der Waals surface area contributed by atoms with Crippen LogP contribution in [0, 0.1) is 4.91 Å². The number of ether oxygens (including phenoxy) is 1. The average Bonchev–Trinajstić information content (AvgIpc) is 2.98. The first kappa shape index (κ1) is 19.8. The topological polar surface area (TPSA) is 92.8 Å². The summed E-state index contributed by atoms with van der Waals surface area (Å²) in [5.74, 6) is 0.677. The van der Waals surface area contributed by atoms with E-state index in [1.165, 1.54) is 23.9 Å². The van der Waals surface area contributed by atoms with Gasteiger partial charge in [-0.2, -0.15) is 0 Å². The molecule has 2 N–H and O–H groups in total. The van der Waals surface area contributed by atoms with E-state index in [1.54, 1.807) is 30.3 Å². The zero-order valence-corrected chi connectivity index (χ0v) is 16.9. The molecule has 2 unspecified atom stereocenters. The molecule has 8 heteroatoms. The summed E-state index contributed by atoms with van der Waals surface area (Å²) in [5.41, 5.74) is 1.54. The Morgan fingerprint density at radius 2 is 1.86 bits per heavy atom. The number of benzene rings is 3. The van der Waals surface area contributed by atoms with E-state index in [-0.39, 0.29) is 28.2 Å². The minimum atomic E-state index is -3.13. The molecule has 1 heterocycles. The van der Waals surface area contributed by atoms with Gasteiger partial charge in [-0.3, -0.25) is 0 Å². The van der Waals surface area contributed by atoms with Crippen molar-refractivity contribution in [2.75, 3.05) is 5.75 Å². The molecule has 1 aliphatic rings. The van der Waals surface area contributed by atoms with Crippen molar-refractivity contribution in [2.24, 2.45) is 0 Å². The van der Waals surface area contributed by atoms with Crippen LogP contribution < -0.4 is 4.74 Å². The molecule has 0 spiro atoms. The summed E-state index contributed by atoms with van der Waals surface area (Å²) in [5, 5.41) is 8.86. The quantitative estimate of drug-likeness (QED) is 0.490. The maximum Gasteiger partial charge on any atom is 0.316 e. The van der Waals surface area contributed by atoms with Gasteiger partial charge in [-0.25, -0.2) is 5.21 Å². The van der Waals surface area contributed by atoms with E-state index < -0.39 is 10.6 Å². The predicted molar refractivity (Wildman–Crippen MR) is 111 cm³/mol. The molecule has 3 aromatic rings. The van der Waals surface area contributed by atoms with Crippen LogP contribution >= 0.6 is 22.4 Å². The molecule has 1 aliphatic heterocycles. The van der Waals surface area contributed by atoms with Crippen molar-refractivity contribution >= 4 is 28.0 Å². The third-order valence-electron chi connectivity index (χ3n) is 4.62. The summed E-state index contributed by atoms with van der Waals surface area (Å²) in [6.07, 6.45) is 0. The summed E-state index contributed by atoms with van der Waals surface area (Å²) in [4.78, 5) is 12.3. The molecule has 2 atom stereocenters. The molecule has 0 aromatic heterocycles. The van der Waals surface area contributed by atoms with E-state index in [4.69, 9.17) is 9.94 Å². The van der Waals surface area contributed by atoms with Crippen molar-refractivity contribution in [1.29, 1.82) is 0 Å². The summed E-state index contributed by atoms with van der Waals surface area (Å²) in [6, 6.07) is 21.4. The maximum atomic E-state index is 12.8. The fourth-order valence-electron chi connectivity index (χ4n) is 3.31. The van der Waals surface area contributed by atoms with Gasteiger partial charge in [0, 0.05) is 33.2 Å². The van der Waals surface area contributed by atoms with Crippen LogP contribution in [0.5, 0.6) is 5.75 Å². The second-order valence-electron chi connectivity index (χ2n) is 6.63. The number of hydrogen-bond donors (Lipinski definition) is 2. The molecule has 0 bridgehead atoms. The van der Waals surface area contributed by atoms with Crippen molar-refractivity contribution in [3.05, 3.63) is 88.8 Å². The van der Waals surface area contributed by atoms with Crippen LogP contribution in [0.25, 0.3) is 0 Å². The molecule has 29 heavy (non-hydrogen) atoms. The summed E-state index contributed by atoms with van der Waals surface area (Å²) < 4.78 is 29.2. The highest BCUT2D eigenvalue weighted by atomic mass is 32.3. The van der Waals surface area contributed by atoms with Gasteiger partial charge in [0.05, 0.1) is 10.2 Å². The average molecular weight is 430 g/mol. The summed E-state index contributed by atoms with van der Waals surface area (Å²) in [7, 11) is -3.13. The maximum absolute atomic E-state index is 12.8. The zero-order chi connectivity index (χ0) is 20.4. The van der Waals surface area contributed by atoms with Crippen LogP contribution in [-0.4, -0.2) is 25.0 Å². The molecule has 6 nitrogen and oxygen atoms in total. The molecular weight excluding hydrogens is 410 g/mol. The predicted octanol–water partition coefficient (Wildman–Crippen LogP) is 5.68. The van der Waals surface area contributed by atoms with E-state index in [1.807, 2.05) is 30.3 Å². The van der Waals surface area contributed by atoms with Gasteiger partial charge in [0.2, 0.25) is 0 Å². The SMILES string of the molecule is O=[N+](O)c1cccc(COc2cccc3c2C(Sc2ccccc2)CS3([O-])O)c1. The molecule has 150 valence electrons. The van der Waals surface area contributed by atoms with Crippen LogP contribution in [0.3, 0.4) is 0 Å². The Morgan fingerprint density at radius 1 is 1.10 bits per heavy atom. The lowest BCUT2D eigenvalue weighted by Gasteiger charge is -2.42. The molecule has 0 saturated carbocycles. The van der Waals surface area contributed by atoms with E-state index in [2.05, 4.69) is 0 Å². The first-order chi connectivity index (χ1) is 13.9. The van der Waals surface area contributed by atoms with Gasteiger partial charge in [-0.15, -0.1) is 11.8 Å². The second-order valence-corrected chi connectivity index (χ2v) is 9.96. The Morgan fingerprint density at radius 3 is 2.62 bits per heavy atom. The second kappa shape index (κ2) is 8.08. The molecule has 0 radical (unpaired) electrons. The van der Waals surface area contributed by atoms with Crippen LogP contribution in [0.15, 0.2) is 82.6 Å². The van der Waals surface area contributed by atoms with Crippen LogP contribution in [0.2, 0.25) is 0 Å². The molecule has 0 fully saturated rings. The van der Waals surface area contributed by atoms with Crippen molar-refractivity contribution in [3.63, 3.8) is 0 Å². The Bertz CT molecular complexity index is 1040. The lowest BCUT2D eigenvalue weighted by molar-refractivity contribution is -0.729. The minimum Gasteiger partial charge on any atom is -0.764 e. The molecule has 4 rings (SSSR count). The monoisotopic (exact) mass is 429 g/mol. The van der Waals surface area contributed by atoms with E-state index in [9.17, 15) is 14.0 Å². The van der Waals surface area contributed by atoms with E-state index in [0.717, 1.165) is 10.5 Å². The van der Waals surface area contributed by atoms with Gasteiger partial charge in [-0.1, -0.05) is 36.4 Å². The third kappa shape index (κ3) is 4.25. The standard InChI is InChI=1S/C21H19NO5S2/c23-22(24)16-7-4-6-15(12-16)13-27-18-10-5-11-20-21(18)19(14-29(20,25)26)28-17-8-2-1-3-9-17/h1-12,19H,13-14H2,(H2-,23,24,25,26). The molecular formula is C21H19NO5S2. The largest absolute Gasteiger partial charge is 0.764 e. The Hall–Kier alpha value is -2.52. The first-order valence-corrected chi connectivity index (χ1v) is 11.5. The summed E-state index contributed by atoms with van der Waals surface area (Å²) in [6.45, 7) is 0.160. The summed E-state index contributed by atoms with van der Waals surface area (Å²) >= 11 is 1.54. The number of rotatable bonds is 6. The van der Waals surface area contributed by atoms with Gasteiger partial charge in [0.15, 0.2) is 0 Å². The minimum absolute atomic E-state index is 0.111. The first-order valence-electron chi connectivity index (χ1n) is 8.91. The smallest absolute Gasteiger partial charge is 0.316 e. The van der Waals surface area contributed by atoms with Crippen molar-refractivity contribution < 1.29 is 24.0 Å². The fourth-order valence-corrected chi connectivity index (χ4v) is 6.84. The Labute approximate surface area is 174 Å². The van der Waals surface area contributed by atoms with Crippen LogP contribution in [0.4, 0.5) is 5.69 Å². The lowest BCUT2D eigenvalue weighted by Crippen LogP contribution is -2.01. The number of fused-ring (bicyclic) bond motifs is 1. The van der Waals surface area contributed by atoms with Gasteiger partial charge >= 0.3 is 5.69 Å². The molecule has 0 saturated heterocycles. The van der Waals surface area contributed by atoms with E-state index >= 15 is 0 Å². The third-order valence-corrected chi connectivity index (χ3v) is 7.89. The molecule has 0 aliphatic carbocycles. The highest BCUT2D eigenvalue weighted by Gasteiger charge is 2.33. The number of nitrogens with zero attached hydrogens (tertiary/aromatic N) is 1. The number of thioether (sulfide) groups is 1. The van der Waals surface area contributed by atoms with Crippen molar-refractivity contribution in [1.82, 2.24) is 0 Å². The fraction of sp³-hybridized carbons (Fsp3) is 0.143. The van der Waals surface area contributed by atoms with Crippen molar-refractivity contribution in [2.45, 2.75) is 21.6 Å². The number of hydrogen-bond acceptors (Lipinski definition) is 5. The molecule has 3 aromatic carbocycles. The van der Waals surface area contributed by atoms with E-state index in [0.29, 0.717) is 16.2 Å².